The molecule has 6 heteroatoms. The Hall–Kier alpha value is -2.60. The maximum atomic E-state index is 12.8. The van der Waals surface area contributed by atoms with Crippen LogP contribution in [-0.4, -0.2) is 21.2 Å². The highest BCUT2D eigenvalue weighted by Gasteiger charge is 2.15. The van der Waals surface area contributed by atoms with Gasteiger partial charge in [-0.25, -0.2) is 4.98 Å². The average Bonchev–Trinajstić information content (AvgIpc) is 2.65. The van der Waals surface area contributed by atoms with Crippen LogP contribution < -0.4 is 10.9 Å². The molecule has 0 fully saturated rings. The quantitative estimate of drug-likeness (QED) is 0.522. The number of hydrogen-bond acceptors (Lipinski definition) is 4. The molecule has 1 aromatic heterocycles. The minimum atomic E-state index is -0.0849. The summed E-state index contributed by atoms with van der Waals surface area (Å²) >= 11 is 1.29. The standard InChI is InChI=1S/C21H23N3O2S/c1-14(2)24-20(26)17-6-4-5-7-18(17)23-21(24)27-13-19(25)22-12-16-10-8-15(3)9-11-16/h4-11,14H,12-13H2,1-3H3,(H,22,25). The number of hydrogen-bond donors (Lipinski definition) is 1. The van der Waals surface area contributed by atoms with Crippen LogP contribution in [0.1, 0.15) is 31.0 Å². The van der Waals surface area contributed by atoms with Gasteiger partial charge in [0.05, 0.1) is 16.7 Å². The number of aromatic nitrogens is 2. The van der Waals surface area contributed by atoms with Crippen molar-refractivity contribution in [1.82, 2.24) is 14.9 Å². The van der Waals surface area contributed by atoms with E-state index in [0.717, 1.165) is 5.56 Å². The lowest BCUT2D eigenvalue weighted by Crippen LogP contribution is -2.27. The lowest BCUT2D eigenvalue weighted by Gasteiger charge is -2.16. The van der Waals surface area contributed by atoms with E-state index in [1.807, 2.05) is 63.2 Å². The Balaban J connectivity index is 1.72. The van der Waals surface area contributed by atoms with Crippen LogP contribution in [0, 0.1) is 6.92 Å². The monoisotopic (exact) mass is 381 g/mol. The number of thioether (sulfide) groups is 1. The predicted octanol–water partition coefficient (Wildman–Crippen LogP) is 3.69. The van der Waals surface area contributed by atoms with Gasteiger partial charge in [-0.1, -0.05) is 53.7 Å². The molecule has 0 aliphatic rings. The molecule has 1 N–H and O–H groups in total. The summed E-state index contributed by atoms with van der Waals surface area (Å²) < 4.78 is 1.65. The minimum absolute atomic E-state index is 0.0345. The van der Waals surface area contributed by atoms with E-state index < -0.39 is 0 Å². The van der Waals surface area contributed by atoms with Gasteiger partial charge >= 0.3 is 0 Å². The average molecular weight is 382 g/mol. The fourth-order valence-electron chi connectivity index (χ4n) is 2.77. The SMILES string of the molecule is Cc1ccc(CNC(=O)CSc2nc3ccccc3c(=O)n2C(C)C)cc1. The number of fused-ring (bicyclic) bond motifs is 1. The number of aryl methyl sites for hydroxylation is 1. The second-order valence-corrected chi connectivity index (χ2v) is 7.67. The van der Waals surface area contributed by atoms with Gasteiger partial charge in [0.2, 0.25) is 5.91 Å². The summed E-state index contributed by atoms with van der Waals surface area (Å²) in [5, 5.41) is 4.08. The molecule has 5 nitrogen and oxygen atoms in total. The highest BCUT2D eigenvalue weighted by Crippen LogP contribution is 2.20. The zero-order chi connectivity index (χ0) is 19.4. The van der Waals surface area contributed by atoms with Crippen molar-refractivity contribution in [2.24, 2.45) is 0 Å². The Morgan fingerprint density at radius 1 is 1.15 bits per heavy atom. The van der Waals surface area contributed by atoms with Crippen molar-refractivity contribution in [1.29, 1.82) is 0 Å². The van der Waals surface area contributed by atoms with Gasteiger partial charge in [0.15, 0.2) is 5.16 Å². The van der Waals surface area contributed by atoms with E-state index in [4.69, 9.17) is 0 Å². The lowest BCUT2D eigenvalue weighted by atomic mass is 10.1. The molecule has 0 bridgehead atoms. The molecule has 3 rings (SSSR count). The van der Waals surface area contributed by atoms with Crippen molar-refractivity contribution in [3.05, 3.63) is 70.0 Å². The Labute approximate surface area is 162 Å². The maximum absolute atomic E-state index is 12.8. The van der Waals surface area contributed by atoms with E-state index in [0.29, 0.717) is 22.6 Å². The number of rotatable bonds is 6. The third-order valence-electron chi connectivity index (χ3n) is 4.23. The van der Waals surface area contributed by atoms with E-state index in [1.54, 1.807) is 10.6 Å². The third kappa shape index (κ3) is 4.57. The van der Waals surface area contributed by atoms with Gasteiger partial charge in [-0.05, 0) is 38.5 Å². The molecule has 0 radical (unpaired) electrons. The molecule has 1 heterocycles. The molecule has 0 atom stereocenters. The Bertz CT molecular complexity index is 1010. The Morgan fingerprint density at radius 3 is 2.56 bits per heavy atom. The zero-order valence-electron chi connectivity index (χ0n) is 15.7. The number of para-hydroxylation sites is 1. The summed E-state index contributed by atoms with van der Waals surface area (Å²) in [4.78, 5) is 29.6. The fraction of sp³-hybridized carbons (Fsp3) is 0.286. The summed E-state index contributed by atoms with van der Waals surface area (Å²) in [5.41, 5.74) is 2.83. The largest absolute Gasteiger partial charge is 0.351 e. The molecule has 140 valence electrons. The summed E-state index contributed by atoms with van der Waals surface area (Å²) in [6.07, 6.45) is 0. The smallest absolute Gasteiger partial charge is 0.262 e. The highest BCUT2D eigenvalue weighted by atomic mass is 32.2. The van der Waals surface area contributed by atoms with E-state index in [-0.39, 0.29) is 23.3 Å². The van der Waals surface area contributed by atoms with Crippen molar-refractivity contribution >= 4 is 28.6 Å². The first-order valence-corrected chi connectivity index (χ1v) is 9.90. The third-order valence-corrected chi connectivity index (χ3v) is 5.19. The van der Waals surface area contributed by atoms with Crippen LogP contribution >= 0.6 is 11.8 Å². The van der Waals surface area contributed by atoms with Crippen LogP contribution in [0.2, 0.25) is 0 Å². The second kappa shape index (κ2) is 8.39. The summed E-state index contributed by atoms with van der Waals surface area (Å²) in [5.74, 6) is 0.127. The molecule has 0 saturated carbocycles. The van der Waals surface area contributed by atoms with Crippen molar-refractivity contribution < 1.29 is 4.79 Å². The van der Waals surface area contributed by atoms with Gasteiger partial charge in [0, 0.05) is 12.6 Å². The summed E-state index contributed by atoms with van der Waals surface area (Å²) in [7, 11) is 0. The molecule has 0 unspecified atom stereocenters. The van der Waals surface area contributed by atoms with Crippen LogP contribution in [0.3, 0.4) is 0 Å². The molecule has 0 aliphatic carbocycles. The summed E-state index contributed by atoms with van der Waals surface area (Å²) in [6, 6.07) is 15.3. The van der Waals surface area contributed by atoms with E-state index in [9.17, 15) is 9.59 Å². The van der Waals surface area contributed by atoms with Gasteiger partial charge in [-0.15, -0.1) is 0 Å². The van der Waals surface area contributed by atoms with E-state index >= 15 is 0 Å². The number of carbonyl (C=O) groups excluding carboxylic acids is 1. The van der Waals surface area contributed by atoms with Gasteiger partial charge < -0.3 is 5.32 Å². The molecule has 1 amide bonds. The second-order valence-electron chi connectivity index (χ2n) is 6.73. The molecular weight excluding hydrogens is 358 g/mol. The number of benzene rings is 2. The number of nitrogens with one attached hydrogen (secondary N) is 1. The predicted molar refractivity (Wildman–Crippen MR) is 110 cm³/mol. The molecule has 0 spiro atoms. The van der Waals surface area contributed by atoms with Crippen LogP contribution in [-0.2, 0) is 11.3 Å². The van der Waals surface area contributed by atoms with E-state index in [2.05, 4.69) is 10.3 Å². The highest BCUT2D eigenvalue weighted by molar-refractivity contribution is 7.99. The number of amides is 1. The first kappa shape index (κ1) is 19.2. The first-order valence-electron chi connectivity index (χ1n) is 8.92. The molecular formula is C21H23N3O2S. The van der Waals surface area contributed by atoms with Gasteiger partial charge in [0.1, 0.15) is 0 Å². The van der Waals surface area contributed by atoms with Crippen molar-refractivity contribution in [2.45, 2.75) is 38.5 Å². The molecule has 0 aliphatic heterocycles. The van der Waals surface area contributed by atoms with Crippen LogP contribution in [0.5, 0.6) is 0 Å². The fourth-order valence-corrected chi connectivity index (χ4v) is 3.73. The first-order chi connectivity index (χ1) is 13.0. The van der Waals surface area contributed by atoms with E-state index in [1.165, 1.54) is 17.3 Å². The molecule has 0 saturated heterocycles. The van der Waals surface area contributed by atoms with Crippen molar-refractivity contribution in [3.63, 3.8) is 0 Å². The van der Waals surface area contributed by atoms with Crippen molar-refractivity contribution in [3.8, 4) is 0 Å². The minimum Gasteiger partial charge on any atom is -0.351 e. The van der Waals surface area contributed by atoms with Gasteiger partial charge in [-0.2, -0.15) is 0 Å². The summed E-state index contributed by atoms with van der Waals surface area (Å²) in [6.45, 7) is 6.41. The van der Waals surface area contributed by atoms with Crippen molar-refractivity contribution in [2.75, 3.05) is 5.75 Å². The van der Waals surface area contributed by atoms with Crippen LogP contribution in [0.15, 0.2) is 58.5 Å². The zero-order valence-corrected chi connectivity index (χ0v) is 16.5. The number of carbonyl (C=O) groups is 1. The molecule has 3 aromatic rings. The lowest BCUT2D eigenvalue weighted by molar-refractivity contribution is -0.118. The topological polar surface area (TPSA) is 64.0 Å². The van der Waals surface area contributed by atoms with Crippen LogP contribution in [0.4, 0.5) is 0 Å². The Kier molecular flexibility index (Phi) is 5.96. The molecule has 2 aromatic carbocycles. The Morgan fingerprint density at radius 2 is 1.85 bits per heavy atom. The van der Waals surface area contributed by atoms with Gasteiger partial charge in [-0.3, -0.25) is 14.2 Å². The molecule has 27 heavy (non-hydrogen) atoms. The van der Waals surface area contributed by atoms with Gasteiger partial charge in [0.25, 0.3) is 5.56 Å². The normalized spacial score (nSPS) is 11.1. The maximum Gasteiger partial charge on any atom is 0.262 e. The van der Waals surface area contributed by atoms with Crippen LogP contribution in [0.25, 0.3) is 10.9 Å². The number of nitrogens with zero attached hydrogens (tertiary/aromatic N) is 2.